The van der Waals surface area contributed by atoms with E-state index in [1.807, 2.05) is 13.0 Å². The Kier molecular flexibility index (Phi) is 4.82. The number of amides is 1. The van der Waals surface area contributed by atoms with Crippen LogP contribution in [-0.4, -0.2) is 18.6 Å². The molecule has 0 saturated carbocycles. The molecule has 1 aromatic carbocycles. The van der Waals surface area contributed by atoms with Crippen molar-refractivity contribution in [3.63, 3.8) is 0 Å². The van der Waals surface area contributed by atoms with E-state index in [1.165, 1.54) is 5.56 Å². The van der Waals surface area contributed by atoms with E-state index in [9.17, 15) is 4.79 Å². The molecular weight excluding hydrogens is 308 g/mol. The van der Waals surface area contributed by atoms with Crippen molar-refractivity contribution in [1.82, 2.24) is 5.32 Å². The van der Waals surface area contributed by atoms with E-state index < -0.39 is 0 Å². The minimum absolute atomic E-state index is 0.0315. The first-order chi connectivity index (χ1) is 9.06. The maximum Gasteiger partial charge on any atom is 0.220 e. The van der Waals surface area contributed by atoms with Gasteiger partial charge in [0.2, 0.25) is 5.91 Å². The van der Waals surface area contributed by atoms with Crippen LogP contribution in [0.4, 0.5) is 0 Å². The number of fused-ring (bicyclic) bond motifs is 1. The van der Waals surface area contributed by atoms with Gasteiger partial charge in [-0.1, -0.05) is 15.9 Å². The SMILES string of the molecule is CC(N)CCC(=O)NCc1cc(Br)cc2c1OCC2. The molecule has 0 aromatic heterocycles. The molecule has 2 rings (SSSR count). The Balaban J connectivity index is 1.95. The Morgan fingerprint density at radius 2 is 2.37 bits per heavy atom. The van der Waals surface area contributed by atoms with E-state index in [0.29, 0.717) is 19.4 Å². The number of carbonyl (C=O) groups is 1. The zero-order chi connectivity index (χ0) is 13.8. The molecule has 1 unspecified atom stereocenters. The molecule has 1 aliphatic heterocycles. The van der Waals surface area contributed by atoms with Crippen molar-refractivity contribution in [1.29, 1.82) is 0 Å². The lowest BCUT2D eigenvalue weighted by Gasteiger charge is -2.11. The maximum absolute atomic E-state index is 11.7. The molecule has 104 valence electrons. The predicted molar refractivity (Wildman–Crippen MR) is 78.1 cm³/mol. The van der Waals surface area contributed by atoms with Crippen molar-refractivity contribution in [3.8, 4) is 5.75 Å². The van der Waals surface area contributed by atoms with Crippen molar-refractivity contribution in [2.45, 2.75) is 38.8 Å². The lowest BCUT2D eigenvalue weighted by atomic mass is 10.1. The summed E-state index contributed by atoms with van der Waals surface area (Å²) >= 11 is 3.49. The van der Waals surface area contributed by atoms with Crippen LogP contribution in [0.15, 0.2) is 16.6 Å². The second kappa shape index (κ2) is 6.39. The fourth-order valence-electron chi connectivity index (χ4n) is 2.12. The highest BCUT2D eigenvalue weighted by Crippen LogP contribution is 2.32. The molecule has 1 amide bonds. The van der Waals surface area contributed by atoms with E-state index in [0.717, 1.165) is 28.8 Å². The summed E-state index contributed by atoms with van der Waals surface area (Å²) in [5, 5.41) is 2.92. The lowest BCUT2D eigenvalue weighted by molar-refractivity contribution is -0.121. The van der Waals surface area contributed by atoms with Gasteiger partial charge >= 0.3 is 0 Å². The summed E-state index contributed by atoms with van der Waals surface area (Å²) in [5.41, 5.74) is 7.86. The van der Waals surface area contributed by atoms with Crippen LogP contribution in [0.5, 0.6) is 5.75 Å². The van der Waals surface area contributed by atoms with Gasteiger partial charge in [0.1, 0.15) is 5.75 Å². The van der Waals surface area contributed by atoms with Crippen LogP contribution >= 0.6 is 15.9 Å². The highest BCUT2D eigenvalue weighted by molar-refractivity contribution is 9.10. The summed E-state index contributed by atoms with van der Waals surface area (Å²) in [7, 11) is 0. The van der Waals surface area contributed by atoms with Gasteiger partial charge in [0.05, 0.1) is 6.61 Å². The summed E-state index contributed by atoms with van der Waals surface area (Å²) in [6, 6.07) is 4.13. The quantitative estimate of drug-likeness (QED) is 0.871. The normalized spacial score (nSPS) is 14.7. The third-order valence-electron chi connectivity index (χ3n) is 3.13. The summed E-state index contributed by atoms with van der Waals surface area (Å²) in [6.45, 7) is 3.12. The molecule has 1 aliphatic rings. The van der Waals surface area contributed by atoms with Gasteiger partial charge in [-0.2, -0.15) is 0 Å². The fraction of sp³-hybridized carbons (Fsp3) is 0.500. The Morgan fingerprint density at radius 1 is 1.58 bits per heavy atom. The van der Waals surface area contributed by atoms with E-state index >= 15 is 0 Å². The van der Waals surface area contributed by atoms with Crippen molar-refractivity contribution >= 4 is 21.8 Å². The molecule has 1 atom stereocenters. The number of ether oxygens (including phenoxy) is 1. The number of halogens is 1. The molecule has 3 N–H and O–H groups in total. The molecule has 0 radical (unpaired) electrons. The zero-order valence-electron chi connectivity index (χ0n) is 11.0. The van der Waals surface area contributed by atoms with Crippen molar-refractivity contribution in [2.24, 2.45) is 5.73 Å². The van der Waals surface area contributed by atoms with E-state index in [-0.39, 0.29) is 11.9 Å². The van der Waals surface area contributed by atoms with Gasteiger partial charge < -0.3 is 15.8 Å². The van der Waals surface area contributed by atoms with E-state index in [2.05, 4.69) is 27.3 Å². The maximum atomic E-state index is 11.7. The monoisotopic (exact) mass is 326 g/mol. The van der Waals surface area contributed by atoms with Gasteiger partial charge in [-0.25, -0.2) is 0 Å². The number of hydrogen-bond acceptors (Lipinski definition) is 3. The summed E-state index contributed by atoms with van der Waals surface area (Å²) in [5.74, 6) is 0.958. The third-order valence-corrected chi connectivity index (χ3v) is 3.59. The molecule has 0 fully saturated rings. The minimum Gasteiger partial charge on any atom is -0.493 e. The van der Waals surface area contributed by atoms with E-state index in [1.54, 1.807) is 0 Å². The Morgan fingerprint density at radius 3 is 3.11 bits per heavy atom. The van der Waals surface area contributed by atoms with Gasteiger partial charge in [0.25, 0.3) is 0 Å². The second-order valence-corrected chi connectivity index (χ2v) is 5.86. The predicted octanol–water partition coefficient (Wildman–Crippen LogP) is 2.13. The zero-order valence-corrected chi connectivity index (χ0v) is 12.6. The Bertz CT molecular complexity index is 475. The largest absolute Gasteiger partial charge is 0.493 e. The number of carbonyl (C=O) groups excluding carboxylic acids is 1. The summed E-state index contributed by atoms with van der Waals surface area (Å²) in [6.07, 6.45) is 2.11. The molecular formula is C14H19BrN2O2. The average molecular weight is 327 g/mol. The van der Waals surface area contributed by atoms with Crippen LogP contribution in [0, 0.1) is 0 Å². The fourth-order valence-corrected chi connectivity index (χ4v) is 2.67. The van der Waals surface area contributed by atoms with Crippen LogP contribution in [-0.2, 0) is 17.8 Å². The number of benzene rings is 1. The molecule has 0 saturated heterocycles. The van der Waals surface area contributed by atoms with E-state index in [4.69, 9.17) is 10.5 Å². The molecule has 1 aromatic rings. The minimum atomic E-state index is 0.0315. The topological polar surface area (TPSA) is 64.4 Å². The molecule has 19 heavy (non-hydrogen) atoms. The first kappa shape index (κ1) is 14.3. The highest BCUT2D eigenvalue weighted by Gasteiger charge is 2.17. The summed E-state index contributed by atoms with van der Waals surface area (Å²) in [4.78, 5) is 11.7. The van der Waals surface area contributed by atoms with Crippen LogP contribution in [0.1, 0.15) is 30.9 Å². The molecule has 1 heterocycles. The third kappa shape index (κ3) is 3.94. The second-order valence-electron chi connectivity index (χ2n) is 4.94. The van der Waals surface area contributed by atoms with Gasteiger partial charge in [-0.3, -0.25) is 4.79 Å². The van der Waals surface area contributed by atoms with Crippen molar-refractivity contribution in [3.05, 3.63) is 27.7 Å². The van der Waals surface area contributed by atoms with Gasteiger partial charge in [0.15, 0.2) is 0 Å². The van der Waals surface area contributed by atoms with Gasteiger partial charge in [-0.15, -0.1) is 0 Å². The first-order valence-electron chi connectivity index (χ1n) is 6.52. The Hall–Kier alpha value is -1.07. The van der Waals surface area contributed by atoms with Crippen LogP contribution in [0.25, 0.3) is 0 Å². The number of nitrogens with two attached hydrogens (primary N) is 1. The number of nitrogens with one attached hydrogen (secondary N) is 1. The molecule has 4 nitrogen and oxygen atoms in total. The molecule has 0 bridgehead atoms. The number of rotatable bonds is 5. The van der Waals surface area contributed by atoms with Crippen LogP contribution in [0.2, 0.25) is 0 Å². The van der Waals surface area contributed by atoms with Gasteiger partial charge in [0, 0.05) is 35.5 Å². The molecule has 0 aliphatic carbocycles. The standard InChI is InChI=1S/C14H19BrN2O2/c1-9(16)2-3-13(18)17-8-11-7-12(15)6-10-4-5-19-14(10)11/h6-7,9H,2-5,8,16H2,1H3,(H,17,18). The van der Waals surface area contributed by atoms with Crippen LogP contribution in [0.3, 0.4) is 0 Å². The highest BCUT2D eigenvalue weighted by atomic mass is 79.9. The summed E-state index contributed by atoms with van der Waals surface area (Å²) < 4.78 is 6.65. The smallest absolute Gasteiger partial charge is 0.220 e. The number of hydrogen-bond donors (Lipinski definition) is 2. The van der Waals surface area contributed by atoms with Gasteiger partial charge in [-0.05, 0) is 31.0 Å². The van der Waals surface area contributed by atoms with Crippen molar-refractivity contribution < 1.29 is 9.53 Å². The molecule has 5 heteroatoms. The Labute approximate surface area is 121 Å². The van der Waals surface area contributed by atoms with Crippen LogP contribution < -0.4 is 15.8 Å². The lowest BCUT2D eigenvalue weighted by Crippen LogP contribution is -2.25. The van der Waals surface area contributed by atoms with Crippen molar-refractivity contribution in [2.75, 3.05) is 6.61 Å². The molecule has 0 spiro atoms. The average Bonchev–Trinajstić information content (AvgIpc) is 2.81. The first-order valence-corrected chi connectivity index (χ1v) is 7.32.